The van der Waals surface area contributed by atoms with Gasteiger partial charge in [0.1, 0.15) is 0 Å². The van der Waals surface area contributed by atoms with E-state index in [0.29, 0.717) is 18.5 Å². The number of benzene rings is 2. The summed E-state index contributed by atoms with van der Waals surface area (Å²) in [7, 11) is 0. The van der Waals surface area contributed by atoms with E-state index in [1.54, 1.807) is 6.92 Å². The van der Waals surface area contributed by atoms with Gasteiger partial charge in [-0.25, -0.2) is 0 Å². The number of alkyl halides is 3. The number of halogens is 3. The van der Waals surface area contributed by atoms with Crippen LogP contribution in [0.5, 0.6) is 0 Å². The van der Waals surface area contributed by atoms with Crippen LogP contribution in [0.1, 0.15) is 34.7 Å². The van der Waals surface area contributed by atoms with Crippen molar-refractivity contribution in [2.45, 2.75) is 39.2 Å². The minimum atomic E-state index is -4.34. The van der Waals surface area contributed by atoms with Crippen LogP contribution in [0.2, 0.25) is 0 Å². The SMILES string of the molecule is CC(Cc1ccc(C(F)(F)F)cc1)C(=O)NCc1ccc2c(c1)CNC2. The lowest BCUT2D eigenvalue weighted by Crippen LogP contribution is -2.29. The maximum atomic E-state index is 12.6. The third kappa shape index (κ3) is 4.43. The lowest BCUT2D eigenvalue weighted by Gasteiger charge is -2.14. The molecule has 1 amide bonds. The van der Waals surface area contributed by atoms with Gasteiger partial charge in [-0.3, -0.25) is 4.79 Å². The Kier molecular flexibility index (Phi) is 5.32. The van der Waals surface area contributed by atoms with Gasteiger partial charge in [0.25, 0.3) is 0 Å². The highest BCUT2D eigenvalue weighted by atomic mass is 19.4. The van der Waals surface area contributed by atoms with Crippen molar-refractivity contribution < 1.29 is 18.0 Å². The number of hydrogen-bond acceptors (Lipinski definition) is 2. The maximum absolute atomic E-state index is 12.6. The summed E-state index contributed by atoms with van der Waals surface area (Å²) in [4.78, 5) is 12.3. The Morgan fingerprint density at radius 2 is 1.73 bits per heavy atom. The van der Waals surface area contributed by atoms with Gasteiger partial charge >= 0.3 is 6.18 Å². The van der Waals surface area contributed by atoms with Crippen molar-refractivity contribution in [2.75, 3.05) is 0 Å². The van der Waals surface area contributed by atoms with E-state index in [-0.39, 0.29) is 11.8 Å². The zero-order chi connectivity index (χ0) is 18.7. The molecule has 2 N–H and O–H groups in total. The molecule has 1 atom stereocenters. The third-order valence-electron chi connectivity index (χ3n) is 4.64. The number of hydrogen-bond donors (Lipinski definition) is 2. The predicted molar refractivity (Wildman–Crippen MR) is 93.1 cm³/mol. The molecule has 6 heteroatoms. The molecule has 3 nitrogen and oxygen atoms in total. The zero-order valence-electron chi connectivity index (χ0n) is 14.5. The summed E-state index contributed by atoms with van der Waals surface area (Å²) in [6.45, 7) is 3.96. The molecule has 0 saturated heterocycles. The molecule has 0 fully saturated rings. The highest BCUT2D eigenvalue weighted by Gasteiger charge is 2.30. The van der Waals surface area contributed by atoms with Crippen molar-refractivity contribution in [1.82, 2.24) is 10.6 Å². The first kappa shape index (κ1) is 18.5. The molecule has 1 heterocycles. The van der Waals surface area contributed by atoms with Gasteiger partial charge in [-0.2, -0.15) is 13.2 Å². The monoisotopic (exact) mass is 362 g/mol. The summed E-state index contributed by atoms with van der Waals surface area (Å²) in [6.07, 6.45) is -3.94. The standard InChI is InChI=1S/C20H21F3N2O/c1-13(8-14-3-6-18(7-4-14)20(21,22)23)19(26)25-10-15-2-5-16-11-24-12-17(16)9-15/h2-7,9,13,24H,8,10-12H2,1H3,(H,25,26). The van der Waals surface area contributed by atoms with E-state index in [4.69, 9.17) is 0 Å². The van der Waals surface area contributed by atoms with E-state index in [9.17, 15) is 18.0 Å². The van der Waals surface area contributed by atoms with E-state index in [1.807, 2.05) is 6.07 Å². The predicted octanol–water partition coefficient (Wildman–Crippen LogP) is 3.80. The molecule has 0 aromatic heterocycles. The second-order valence-corrected chi connectivity index (χ2v) is 6.72. The fourth-order valence-electron chi connectivity index (χ4n) is 3.10. The van der Waals surface area contributed by atoms with Gasteiger partial charge in [0.05, 0.1) is 5.56 Å². The van der Waals surface area contributed by atoms with E-state index in [0.717, 1.165) is 30.8 Å². The van der Waals surface area contributed by atoms with Gasteiger partial charge in [-0.05, 0) is 40.8 Å². The molecular weight excluding hydrogens is 341 g/mol. The molecule has 0 aliphatic carbocycles. The molecule has 0 spiro atoms. The van der Waals surface area contributed by atoms with Gasteiger partial charge in [0.15, 0.2) is 0 Å². The fourth-order valence-corrected chi connectivity index (χ4v) is 3.10. The molecule has 3 rings (SSSR count). The molecule has 1 aliphatic rings. The Bertz CT molecular complexity index is 785. The van der Waals surface area contributed by atoms with Crippen molar-refractivity contribution in [3.05, 3.63) is 70.3 Å². The van der Waals surface area contributed by atoms with Crippen LogP contribution in [0.25, 0.3) is 0 Å². The van der Waals surface area contributed by atoms with E-state index in [2.05, 4.69) is 22.8 Å². The summed E-state index contributed by atoms with van der Waals surface area (Å²) < 4.78 is 37.8. The molecule has 0 bridgehead atoms. The molecule has 2 aromatic rings. The van der Waals surface area contributed by atoms with Crippen molar-refractivity contribution in [3.8, 4) is 0 Å². The van der Waals surface area contributed by atoms with Crippen LogP contribution in [-0.4, -0.2) is 5.91 Å². The summed E-state index contributed by atoms with van der Waals surface area (Å²) in [5.74, 6) is -0.425. The molecule has 0 saturated carbocycles. The Labute approximate surface area is 150 Å². The van der Waals surface area contributed by atoms with Crippen molar-refractivity contribution in [2.24, 2.45) is 5.92 Å². The fraction of sp³-hybridized carbons (Fsp3) is 0.350. The summed E-state index contributed by atoms with van der Waals surface area (Å²) in [5.41, 5.74) is 3.63. The molecular formula is C20H21F3N2O. The second kappa shape index (κ2) is 7.50. The van der Waals surface area contributed by atoms with Gasteiger partial charge < -0.3 is 10.6 Å². The maximum Gasteiger partial charge on any atom is 0.416 e. The van der Waals surface area contributed by atoms with Crippen LogP contribution in [0.3, 0.4) is 0 Å². The Hall–Kier alpha value is -2.34. The zero-order valence-corrected chi connectivity index (χ0v) is 14.5. The third-order valence-corrected chi connectivity index (χ3v) is 4.64. The van der Waals surface area contributed by atoms with Gasteiger partial charge in [0, 0.05) is 25.6 Å². The first-order valence-electron chi connectivity index (χ1n) is 8.58. The number of fused-ring (bicyclic) bond motifs is 1. The van der Waals surface area contributed by atoms with Crippen molar-refractivity contribution in [3.63, 3.8) is 0 Å². The molecule has 2 aromatic carbocycles. The first-order valence-corrected chi connectivity index (χ1v) is 8.58. The lowest BCUT2D eigenvalue weighted by atomic mass is 9.99. The largest absolute Gasteiger partial charge is 0.416 e. The smallest absolute Gasteiger partial charge is 0.352 e. The summed E-state index contributed by atoms with van der Waals surface area (Å²) >= 11 is 0. The summed E-state index contributed by atoms with van der Waals surface area (Å²) in [6, 6.07) is 11.1. The quantitative estimate of drug-likeness (QED) is 0.849. The van der Waals surface area contributed by atoms with Crippen LogP contribution in [0, 0.1) is 5.92 Å². The van der Waals surface area contributed by atoms with Crippen LogP contribution in [0.15, 0.2) is 42.5 Å². The lowest BCUT2D eigenvalue weighted by molar-refractivity contribution is -0.137. The van der Waals surface area contributed by atoms with Crippen LogP contribution >= 0.6 is 0 Å². The minimum absolute atomic E-state index is 0.108. The average Bonchev–Trinajstić information content (AvgIpc) is 3.07. The molecule has 138 valence electrons. The van der Waals surface area contributed by atoms with Crippen molar-refractivity contribution >= 4 is 5.91 Å². The molecule has 1 aliphatic heterocycles. The molecule has 0 radical (unpaired) electrons. The van der Waals surface area contributed by atoms with Crippen molar-refractivity contribution in [1.29, 1.82) is 0 Å². The Morgan fingerprint density at radius 1 is 1.08 bits per heavy atom. The van der Waals surface area contributed by atoms with Gasteiger partial charge in [-0.15, -0.1) is 0 Å². The van der Waals surface area contributed by atoms with Crippen LogP contribution < -0.4 is 10.6 Å². The number of amides is 1. The molecule has 26 heavy (non-hydrogen) atoms. The van der Waals surface area contributed by atoms with Crippen LogP contribution in [-0.2, 0) is 37.0 Å². The Balaban J connectivity index is 1.53. The number of nitrogens with one attached hydrogen (secondary N) is 2. The second-order valence-electron chi connectivity index (χ2n) is 6.72. The van der Waals surface area contributed by atoms with E-state index in [1.165, 1.54) is 23.3 Å². The van der Waals surface area contributed by atoms with Crippen LogP contribution in [0.4, 0.5) is 13.2 Å². The van der Waals surface area contributed by atoms with Gasteiger partial charge in [0.2, 0.25) is 5.91 Å². The normalized spacial score (nSPS) is 14.8. The summed E-state index contributed by atoms with van der Waals surface area (Å²) in [5, 5.41) is 6.19. The topological polar surface area (TPSA) is 41.1 Å². The van der Waals surface area contributed by atoms with E-state index < -0.39 is 11.7 Å². The highest BCUT2D eigenvalue weighted by molar-refractivity contribution is 5.78. The average molecular weight is 362 g/mol. The minimum Gasteiger partial charge on any atom is -0.352 e. The number of carbonyl (C=O) groups is 1. The number of carbonyl (C=O) groups excluding carboxylic acids is 1. The number of rotatable bonds is 5. The van der Waals surface area contributed by atoms with E-state index >= 15 is 0 Å². The first-order chi connectivity index (χ1) is 12.3. The van der Waals surface area contributed by atoms with Gasteiger partial charge in [-0.1, -0.05) is 37.3 Å². The molecule has 1 unspecified atom stereocenters. The highest BCUT2D eigenvalue weighted by Crippen LogP contribution is 2.29. The Morgan fingerprint density at radius 3 is 2.42 bits per heavy atom.